The highest BCUT2D eigenvalue weighted by Crippen LogP contribution is 2.19. The maximum Gasteiger partial charge on any atom is 0.308 e. The Kier molecular flexibility index (Phi) is 5.94. The lowest BCUT2D eigenvalue weighted by Gasteiger charge is -2.11. The van der Waals surface area contributed by atoms with Crippen LogP contribution in [0.25, 0.3) is 0 Å². The summed E-state index contributed by atoms with van der Waals surface area (Å²) in [6, 6.07) is 7.28. The Labute approximate surface area is 107 Å². The van der Waals surface area contributed by atoms with Crippen molar-refractivity contribution >= 4 is 11.7 Å². The molecule has 0 aromatic heterocycles. The van der Waals surface area contributed by atoms with Crippen LogP contribution in [0.3, 0.4) is 0 Å². The minimum Gasteiger partial charge on any atom is -0.466 e. The predicted molar refractivity (Wildman–Crippen MR) is 71.3 cm³/mol. The third-order valence-electron chi connectivity index (χ3n) is 2.41. The number of nitrogens with one attached hydrogen (secondary N) is 1. The van der Waals surface area contributed by atoms with E-state index in [0.717, 1.165) is 5.69 Å². The zero-order chi connectivity index (χ0) is 13.4. The van der Waals surface area contributed by atoms with Gasteiger partial charge in [-0.05, 0) is 24.6 Å². The van der Waals surface area contributed by atoms with Crippen LogP contribution in [0.5, 0.6) is 0 Å². The molecule has 2 N–H and O–H groups in total. The first-order valence-corrected chi connectivity index (χ1v) is 5.95. The van der Waals surface area contributed by atoms with Crippen molar-refractivity contribution in [1.29, 1.82) is 0 Å². The molecule has 0 heterocycles. The molecule has 1 aromatic rings. The van der Waals surface area contributed by atoms with E-state index in [2.05, 4.69) is 11.9 Å². The summed E-state index contributed by atoms with van der Waals surface area (Å²) in [5.74, 6) is -0.390. The fourth-order valence-electron chi connectivity index (χ4n) is 1.51. The molecule has 1 aromatic carbocycles. The fourth-order valence-corrected chi connectivity index (χ4v) is 1.51. The van der Waals surface area contributed by atoms with Crippen LogP contribution in [-0.2, 0) is 9.53 Å². The Balaban J connectivity index is 2.55. The predicted octanol–water partition coefficient (Wildman–Crippen LogP) is 2.27. The van der Waals surface area contributed by atoms with Crippen molar-refractivity contribution in [2.75, 3.05) is 18.5 Å². The zero-order valence-corrected chi connectivity index (χ0v) is 10.6. The molecule has 1 unspecified atom stereocenters. The number of hydrogen-bond acceptors (Lipinski definition) is 4. The van der Waals surface area contributed by atoms with Gasteiger partial charge in [0.1, 0.15) is 0 Å². The van der Waals surface area contributed by atoms with E-state index in [9.17, 15) is 9.90 Å². The Morgan fingerprint density at radius 1 is 1.50 bits per heavy atom. The lowest BCUT2D eigenvalue weighted by atomic mass is 10.1. The molecule has 0 saturated heterocycles. The van der Waals surface area contributed by atoms with Gasteiger partial charge in [0, 0.05) is 12.2 Å². The van der Waals surface area contributed by atoms with Gasteiger partial charge in [-0.1, -0.05) is 18.2 Å². The van der Waals surface area contributed by atoms with E-state index in [4.69, 9.17) is 4.74 Å². The second-order valence-corrected chi connectivity index (χ2v) is 3.82. The van der Waals surface area contributed by atoms with Crippen LogP contribution >= 0.6 is 0 Å². The summed E-state index contributed by atoms with van der Waals surface area (Å²) in [4.78, 5) is 11.2. The highest BCUT2D eigenvalue weighted by atomic mass is 16.5. The molecule has 4 nitrogen and oxygen atoms in total. The number of carbonyl (C=O) groups is 1. The summed E-state index contributed by atoms with van der Waals surface area (Å²) in [5, 5.41) is 13.0. The quantitative estimate of drug-likeness (QED) is 0.575. The maximum atomic E-state index is 11.2. The van der Waals surface area contributed by atoms with Crippen molar-refractivity contribution in [3.05, 3.63) is 42.5 Å². The summed E-state index contributed by atoms with van der Waals surface area (Å²) in [6.07, 6.45) is 0.925. The number of hydrogen-bond donors (Lipinski definition) is 2. The molecule has 98 valence electrons. The molecule has 0 aliphatic carbocycles. The normalized spacial score (nSPS) is 11.7. The maximum absolute atomic E-state index is 11.2. The molecule has 1 atom stereocenters. The van der Waals surface area contributed by atoms with Gasteiger partial charge < -0.3 is 15.2 Å². The van der Waals surface area contributed by atoms with Gasteiger partial charge in [-0.15, -0.1) is 6.58 Å². The highest BCUT2D eigenvalue weighted by molar-refractivity contribution is 5.70. The van der Waals surface area contributed by atoms with Crippen LogP contribution in [0.15, 0.2) is 36.9 Å². The minimum absolute atomic E-state index is 0.0206. The number of rotatable bonds is 7. The minimum atomic E-state index is -0.822. The first kappa shape index (κ1) is 14.3. The monoisotopic (exact) mass is 249 g/mol. The number of esters is 1. The van der Waals surface area contributed by atoms with Gasteiger partial charge in [0.2, 0.25) is 0 Å². The third-order valence-corrected chi connectivity index (χ3v) is 2.41. The van der Waals surface area contributed by atoms with Gasteiger partial charge in [-0.25, -0.2) is 0 Å². The lowest BCUT2D eigenvalue weighted by molar-refractivity contribution is -0.145. The molecule has 4 heteroatoms. The second-order valence-electron chi connectivity index (χ2n) is 3.82. The Morgan fingerprint density at radius 2 is 2.17 bits per heavy atom. The molecule has 0 amide bonds. The van der Waals surface area contributed by atoms with Crippen molar-refractivity contribution < 1.29 is 14.6 Å². The summed E-state index contributed by atoms with van der Waals surface area (Å²) in [7, 11) is 0. The molecule has 1 rings (SSSR count). The average Bonchev–Trinajstić information content (AvgIpc) is 2.37. The fraction of sp³-hybridized carbons (Fsp3) is 0.357. The summed E-state index contributed by atoms with van der Waals surface area (Å²) in [5.41, 5.74) is 1.65. The highest BCUT2D eigenvalue weighted by Gasteiger charge is 2.13. The molecule has 0 aliphatic rings. The van der Waals surface area contributed by atoms with Gasteiger partial charge in [0.25, 0.3) is 0 Å². The number of benzene rings is 1. The first-order chi connectivity index (χ1) is 8.67. The number of aliphatic hydroxyl groups excluding tert-OH is 1. The molecular weight excluding hydrogens is 230 g/mol. The molecule has 0 bridgehead atoms. The largest absolute Gasteiger partial charge is 0.466 e. The van der Waals surface area contributed by atoms with Crippen molar-refractivity contribution in [2.24, 2.45) is 0 Å². The number of anilines is 1. The molecule has 0 spiro atoms. The van der Waals surface area contributed by atoms with Gasteiger partial charge >= 0.3 is 5.97 Å². The first-order valence-electron chi connectivity index (χ1n) is 5.95. The molecular formula is C14H19NO3. The van der Waals surface area contributed by atoms with Gasteiger partial charge in [0.05, 0.1) is 19.1 Å². The molecule has 18 heavy (non-hydrogen) atoms. The van der Waals surface area contributed by atoms with Crippen molar-refractivity contribution in [1.82, 2.24) is 0 Å². The number of carbonyl (C=O) groups excluding carboxylic acids is 1. The summed E-state index contributed by atoms with van der Waals surface area (Å²) >= 11 is 0. The van der Waals surface area contributed by atoms with Gasteiger partial charge in [0.15, 0.2) is 0 Å². The molecule has 0 radical (unpaired) electrons. The van der Waals surface area contributed by atoms with E-state index in [0.29, 0.717) is 18.7 Å². The van der Waals surface area contributed by atoms with Crippen LogP contribution < -0.4 is 5.32 Å². The van der Waals surface area contributed by atoms with Crippen molar-refractivity contribution in [3.63, 3.8) is 0 Å². The number of aliphatic hydroxyl groups is 1. The van der Waals surface area contributed by atoms with Crippen LogP contribution in [0.4, 0.5) is 5.69 Å². The van der Waals surface area contributed by atoms with Crippen molar-refractivity contribution in [3.8, 4) is 0 Å². The Bertz CT molecular complexity index is 387. The summed E-state index contributed by atoms with van der Waals surface area (Å²) < 4.78 is 4.79. The van der Waals surface area contributed by atoms with E-state index in [-0.39, 0.29) is 12.4 Å². The standard InChI is InChI=1S/C14H19NO3/c1-3-9-15-12-7-5-11(6-8-12)13(16)10-14(17)18-4-2/h3,5-8,13,15-16H,1,4,9-10H2,2H3. The van der Waals surface area contributed by atoms with Crippen LogP contribution in [0.1, 0.15) is 25.0 Å². The summed E-state index contributed by atoms with van der Waals surface area (Å²) in [6.45, 7) is 6.37. The van der Waals surface area contributed by atoms with Crippen LogP contribution in [-0.4, -0.2) is 24.2 Å². The lowest BCUT2D eigenvalue weighted by Crippen LogP contribution is -2.10. The molecule has 0 saturated carbocycles. The van der Waals surface area contributed by atoms with E-state index >= 15 is 0 Å². The van der Waals surface area contributed by atoms with E-state index in [1.165, 1.54) is 0 Å². The van der Waals surface area contributed by atoms with Crippen LogP contribution in [0.2, 0.25) is 0 Å². The Morgan fingerprint density at radius 3 is 2.72 bits per heavy atom. The van der Waals surface area contributed by atoms with E-state index in [1.807, 2.05) is 12.1 Å². The zero-order valence-electron chi connectivity index (χ0n) is 10.6. The smallest absolute Gasteiger partial charge is 0.308 e. The topological polar surface area (TPSA) is 58.6 Å². The molecule has 0 aliphatic heterocycles. The second kappa shape index (κ2) is 7.50. The Hall–Kier alpha value is -1.81. The van der Waals surface area contributed by atoms with E-state index < -0.39 is 6.10 Å². The SMILES string of the molecule is C=CCNc1ccc(C(O)CC(=O)OCC)cc1. The third kappa shape index (κ3) is 4.59. The van der Waals surface area contributed by atoms with Gasteiger partial charge in [-0.3, -0.25) is 4.79 Å². The molecule has 0 fully saturated rings. The average molecular weight is 249 g/mol. The van der Waals surface area contributed by atoms with E-state index in [1.54, 1.807) is 25.1 Å². The van der Waals surface area contributed by atoms with Crippen molar-refractivity contribution in [2.45, 2.75) is 19.4 Å². The van der Waals surface area contributed by atoms with Gasteiger partial charge in [-0.2, -0.15) is 0 Å². The number of ether oxygens (including phenoxy) is 1. The van der Waals surface area contributed by atoms with Crippen LogP contribution in [0, 0.1) is 0 Å².